The smallest absolute Gasteiger partial charge is 0.343 e. The predicted molar refractivity (Wildman–Crippen MR) is 128 cm³/mol. The molecule has 0 amide bonds. The molecule has 5 nitrogen and oxygen atoms in total. The van der Waals surface area contributed by atoms with Crippen LogP contribution in [-0.2, 0) is 11.8 Å². The van der Waals surface area contributed by atoms with Gasteiger partial charge in [-0.2, -0.15) is 0 Å². The molecule has 0 atom stereocenters. The molecule has 0 radical (unpaired) electrons. The Kier molecular flexibility index (Phi) is 6.05. The molecule has 3 aromatic carbocycles. The number of benzene rings is 3. The van der Waals surface area contributed by atoms with E-state index in [1.165, 1.54) is 12.3 Å². The van der Waals surface area contributed by atoms with Crippen molar-refractivity contribution < 1.29 is 18.7 Å². The largest absolute Gasteiger partial charge is 0.460 e. The molecule has 0 fully saturated rings. The molecule has 4 aromatic rings. The molecule has 0 aliphatic rings. The average Bonchev–Trinajstić information content (AvgIpc) is 2.80. The van der Waals surface area contributed by atoms with Gasteiger partial charge in [0, 0.05) is 6.07 Å². The third kappa shape index (κ3) is 4.82. The molecular formula is C28H26O5. The van der Waals surface area contributed by atoms with E-state index in [4.69, 9.17) is 13.9 Å². The first kappa shape index (κ1) is 22.3. The van der Waals surface area contributed by atoms with E-state index < -0.39 is 5.97 Å². The zero-order valence-electron chi connectivity index (χ0n) is 19.2. The number of esters is 1. The Morgan fingerprint density at radius 3 is 2.36 bits per heavy atom. The highest BCUT2D eigenvalue weighted by molar-refractivity contribution is 5.91. The van der Waals surface area contributed by atoms with Crippen molar-refractivity contribution in [2.75, 3.05) is 0 Å². The molecule has 33 heavy (non-hydrogen) atoms. The molecule has 0 bridgehead atoms. The van der Waals surface area contributed by atoms with Crippen LogP contribution in [0.15, 0.2) is 82.2 Å². The topological polar surface area (TPSA) is 65.7 Å². The Balaban J connectivity index is 1.56. The number of rotatable bonds is 5. The summed E-state index contributed by atoms with van der Waals surface area (Å²) in [5.74, 6) is 0.538. The first-order valence-corrected chi connectivity index (χ1v) is 10.9. The lowest BCUT2D eigenvalue weighted by Crippen LogP contribution is -2.13. The summed E-state index contributed by atoms with van der Waals surface area (Å²) in [5, 5.41) is 0.343. The first-order chi connectivity index (χ1) is 15.8. The molecule has 4 rings (SSSR count). The average molecular weight is 443 g/mol. The lowest BCUT2D eigenvalue weighted by Gasteiger charge is -2.18. The van der Waals surface area contributed by atoms with Gasteiger partial charge in [0.2, 0.25) is 11.2 Å². The number of fused-ring (bicyclic) bond motifs is 1. The maximum atomic E-state index is 12.9. The normalized spacial score (nSPS) is 11.4. The van der Waals surface area contributed by atoms with Crippen LogP contribution in [0.2, 0.25) is 0 Å². The number of hydrogen-bond acceptors (Lipinski definition) is 5. The van der Waals surface area contributed by atoms with E-state index in [1.54, 1.807) is 24.3 Å². The minimum atomic E-state index is -0.478. The Morgan fingerprint density at radius 1 is 0.939 bits per heavy atom. The van der Waals surface area contributed by atoms with Gasteiger partial charge >= 0.3 is 5.97 Å². The van der Waals surface area contributed by atoms with Crippen LogP contribution in [0.4, 0.5) is 0 Å². The second kappa shape index (κ2) is 8.94. The quantitative estimate of drug-likeness (QED) is 0.255. The highest BCUT2D eigenvalue weighted by Gasteiger charge is 2.16. The third-order valence-electron chi connectivity index (χ3n) is 5.49. The SMILES string of the molecule is CCc1ccccc1Oc1coc2cc(OC(=O)c3ccc(C(C)(C)C)cc3)ccc2c1=O. The summed E-state index contributed by atoms with van der Waals surface area (Å²) in [6.07, 6.45) is 2.07. The van der Waals surface area contributed by atoms with E-state index in [0.29, 0.717) is 28.0 Å². The maximum absolute atomic E-state index is 12.9. The lowest BCUT2D eigenvalue weighted by molar-refractivity contribution is 0.0735. The molecule has 1 heterocycles. The number of carbonyl (C=O) groups is 1. The number of hydrogen-bond donors (Lipinski definition) is 0. The minimum Gasteiger partial charge on any atom is -0.460 e. The van der Waals surface area contributed by atoms with Crippen molar-refractivity contribution in [3.8, 4) is 17.2 Å². The highest BCUT2D eigenvalue weighted by atomic mass is 16.5. The van der Waals surface area contributed by atoms with Crippen LogP contribution in [0.5, 0.6) is 17.2 Å². The van der Waals surface area contributed by atoms with E-state index in [2.05, 4.69) is 20.8 Å². The van der Waals surface area contributed by atoms with E-state index in [9.17, 15) is 9.59 Å². The van der Waals surface area contributed by atoms with Gasteiger partial charge in [0.1, 0.15) is 23.3 Å². The zero-order chi connectivity index (χ0) is 23.6. The molecule has 168 valence electrons. The molecule has 0 saturated heterocycles. The molecule has 1 aromatic heterocycles. The Morgan fingerprint density at radius 2 is 1.67 bits per heavy atom. The minimum absolute atomic E-state index is 0.000488. The monoisotopic (exact) mass is 442 g/mol. The van der Waals surface area contributed by atoms with Crippen LogP contribution >= 0.6 is 0 Å². The molecule has 0 spiro atoms. The van der Waals surface area contributed by atoms with Crippen LogP contribution in [0.25, 0.3) is 11.0 Å². The van der Waals surface area contributed by atoms with Crippen LogP contribution in [-0.4, -0.2) is 5.97 Å². The second-order valence-corrected chi connectivity index (χ2v) is 8.87. The van der Waals surface area contributed by atoms with Crippen LogP contribution in [0, 0.1) is 0 Å². The summed E-state index contributed by atoms with van der Waals surface area (Å²) in [5.41, 5.74) is 2.59. The van der Waals surface area contributed by atoms with Gasteiger partial charge in [0.05, 0.1) is 10.9 Å². The molecule has 0 saturated carbocycles. The van der Waals surface area contributed by atoms with Gasteiger partial charge in [0.25, 0.3) is 0 Å². The Bertz CT molecular complexity index is 1360. The Hall–Kier alpha value is -3.86. The van der Waals surface area contributed by atoms with Gasteiger partial charge in [-0.05, 0) is 53.3 Å². The van der Waals surface area contributed by atoms with E-state index in [0.717, 1.165) is 17.5 Å². The van der Waals surface area contributed by atoms with Gasteiger partial charge in [-0.25, -0.2) is 4.79 Å². The predicted octanol–water partition coefficient (Wildman–Crippen LogP) is 6.66. The molecule has 0 N–H and O–H groups in total. The number of ether oxygens (including phenoxy) is 2. The summed E-state index contributed by atoms with van der Waals surface area (Å²) < 4.78 is 17.0. The van der Waals surface area contributed by atoms with Crippen molar-refractivity contribution in [2.45, 2.75) is 39.5 Å². The van der Waals surface area contributed by atoms with Crippen molar-refractivity contribution in [3.63, 3.8) is 0 Å². The van der Waals surface area contributed by atoms with Crippen molar-refractivity contribution in [3.05, 3.63) is 99.9 Å². The van der Waals surface area contributed by atoms with Crippen LogP contribution in [0.1, 0.15) is 49.2 Å². The van der Waals surface area contributed by atoms with Gasteiger partial charge < -0.3 is 13.9 Å². The number of para-hydroxylation sites is 1. The summed E-state index contributed by atoms with van der Waals surface area (Å²) in [6, 6.07) is 19.6. The fraction of sp³-hybridized carbons (Fsp3) is 0.214. The second-order valence-electron chi connectivity index (χ2n) is 8.87. The molecular weight excluding hydrogens is 416 g/mol. The van der Waals surface area contributed by atoms with Gasteiger partial charge in [-0.15, -0.1) is 0 Å². The third-order valence-corrected chi connectivity index (χ3v) is 5.49. The molecule has 0 unspecified atom stereocenters. The highest BCUT2D eigenvalue weighted by Crippen LogP contribution is 2.27. The van der Waals surface area contributed by atoms with Gasteiger partial charge in [0.15, 0.2) is 0 Å². The van der Waals surface area contributed by atoms with Crippen molar-refractivity contribution in [2.24, 2.45) is 0 Å². The first-order valence-electron chi connectivity index (χ1n) is 10.9. The number of carbonyl (C=O) groups excluding carboxylic acids is 1. The van der Waals surface area contributed by atoms with Gasteiger partial charge in [-0.1, -0.05) is 58.0 Å². The van der Waals surface area contributed by atoms with Crippen LogP contribution in [0.3, 0.4) is 0 Å². The molecule has 0 aliphatic carbocycles. The maximum Gasteiger partial charge on any atom is 0.343 e. The van der Waals surface area contributed by atoms with E-state index in [1.807, 2.05) is 43.3 Å². The summed E-state index contributed by atoms with van der Waals surface area (Å²) in [4.78, 5) is 25.5. The zero-order valence-corrected chi connectivity index (χ0v) is 19.2. The van der Waals surface area contributed by atoms with E-state index >= 15 is 0 Å². The lowest BCUT2D eigenvalue weighted by atomic mass is 9.87. The van der Waals surface area contributed by atoms with Gasteiger partial charge in [-0.3, -0.25) is 4.79 Å². The number of aryl methyl sites for hydroxylation is 1. The van der Waals surface area contributed by atoms with E-state index in [-0.39, 0.29) is 16.6 Å². The van der Waals surface area contributed by atoms with Crippen molar-refractivity contribution >= 4 is 16.9 Å². The van der Waals surface area contributed by atoms with Crippen molar-refractivity contribution in [1.29, 1.82) is 0 Å². The fourth-order valence-electron chi connectivity index (χ4n) is 3.51. The summed E-state index contributed by atoms with van der Waals surface area (Å²) in [7, 11) is 0. The summed E-state index contributed by atoms with van der Waals surface area (Å²) >= 11 is 0. The summed E-state index contributed by atoms with van der Waals surface area (Å²) in [6.45, 7) is 8.36. The fourth-order valence-corrected chi connectivity index (χ4v) is 3.51. The standard InChI is InChI=1S/C28H26O5/c1-5-18-8-6-7-9-23(18)33-25-17-31-24-16-21(14-15-22(24)26(25)29)32-27(30)19-10-12-20(13-11-19)28(2,3)4/h6-17H,5H2,1-4H3. The van der Waals surface area contributed by atoms with Crippen molar-refractivity contribution in [1.82, 2.24) is 0 Å². The van der Waals surface area contributed by atoms with Crippen LogP contribution < -0.4 is 14.9 Å². The molecule has 0 aliphatic heterocycles. The molecule has 5 heteroatoms. The Labute approximate surface area is 192 Å².